The number of thioether (sulfide) groups is 1. The molecule has 1 unspecified atom stereocenters. The summed E-state index contributed by atoms with van der Waals surface area (Å²) in [6, 6.07) is 10.3. The molecule has 3 aromatic rings. The fraction of sp³-hybridized carbons (Fsp3) is 0.263. The van der Waals surface area contributed by atoms with Crippen molar-refractivity contribution in [3.8, 4) is 23.0 Å². The maximum Gasteiger partial charge on any atom is 0.416 e. The number of nitrogens with zero attached hydrogens (tertiary/aromatic N) is 2. The predicted molar refractivity (Wildman–Crippen MR) is 98.6 cm³/mol. The molecule has 0 spiro atoms. The molecule has 0 amide bonds. The zero-order valence-electron chi connectivity index (χ0n) is 15.3. The second kappa shape index (κ2) is 8.14. The van der Waals surface area contributed by atoms with Crippen molar-refractivity contribution in [3.63, 3.8) is 0 Å². The van der Waals surface area contributed by atoms with Gasteiger partial charge in [-0.25, -0.2) is 0 Å². The van der Waals surface area contributed by atoms with Crippen LogP contribution in [0, 0.1) is 0 Å². The molecule has 0 saturated heterocycles. The van der Waals surface area contributed by atoms with Crippen LogP contribution in [0.4, 0.5) is 13.2 Å². The molecular formula is C19H17F3N2O3S. The molecule has 9 heteroatoms. The van der Waals surface area contributed by atoms with Gasteiger partial charge >= 0.3 is 6.18 Å². The molecule has 0 N–H and O–H groups in total. The van der Waals surface area contributed by atoms with Crippen LogP contribution in [0.2, 0.25) is 0 Å². The van der Waals surface area contributed by atoms with Gasteiger partial charge in [-0.05, 0) is 42.8 Å². The molecule has 1 aromatic heterocycles. The van der Waals surface area contributed by atoms with E-state index in [-0.39, 0.29) is 5.25 Å². The second-order valence-electron chi connectivity index (χ2n) is 5.82. The molecule has 0 aliphatic rings. The molecule has 28 heavy (non-hydrogen) atoms. The Kier molecular flexibility index (Phi) is 5.83. The molecule has 0 saturated carbocycles. The minimum atomic E-state index is -4.35. The average molecular weight is 410 g/mol. The first-order chi connectivity index (χ1) is 13.3. The lowest BCUT2D eigenvalue weighted by atomic mass is 10.1. The molecule has 5 nitrogen and oxygen atoms in total. The molecule has 2 aromatic carbocycles. The lowest BCUT2D eigenvalue weighted by Crippen LogP contribution is -2.04. The summed E-state index contributed by atoms with van der Waals surface area (Å²) in [7, 11) is 3.07. The predicted octanol–water partition coefficient (Wildman–Crippen LogP) is 5.63. The van der Waals surface area contributed by atoms with Gasteiger partial charge in [0, 0.05) is 10.8 Å². The smallest absolute Gasteiger partial charge is 0.416 e. The van der Waals surface area contributed by atoms with Crippen molar-refractivity contribution in [2.45, 2.75) is 23.6 Å². The molecule has 1 heterocycles. The molecule has 148 valence electrons. The largest absolute Gasteiger partial charge is 0.493 e. The van der Waals surface area contributed by atoms with Crippen molar-refractivity contribution in [1.29, 1.82) is 0 Å². The van der Waals surface area contributed by atoms with E-state index < -0.39 is 11.7 Å². The van der Waals surface area contributed by atoms with Crippen molar-refractivity contribution in [3.05, 3.63) is 53.6 Å². The monoisotopic (exact) mass is 410 g/mol. The first-order valence-electron chi connectivity index (χ1n) is 8.21. The summed E-state index contributed by atoms with van der Waals surface area (Å²) in [4.78, 5) is 0. The van der Waals surface area contributed by atoms with Gasteiger partial charge in [-0.1, -0.05) is 23.9 Å². The molecule has 0 radical (unpaired) electrons. The van der Waals surface area contributed by atoms with E-state index in [0.717, 1.165) is 17.7 Å². The van der Waals surface area contributed by atoms with Crippen molar-refractivity contribution in [2.75, 3.05) is 14.2 Å². The van der Waals surface area contributed by atoms with Crippen LogP contribution >= 0.6 is 11.8 Å². The Bertz CT molecular complexity index is 942. The molecule has 0 fully saturated rings. The van der Waals surface area contributed by atoms with Gasteiger partial charge in [0.2, 0.25) is 5.89 Å². The molecule has 0 aliphatic heterocycles. The van der Waals surface area contributed by atoms with Gasteiger partial charge in [-0.3, -0.25) is 0 Å². The Balaban J connectivity index is 1.74. The van der Waals surface area contributed by atoms with Gasteiger partial charge < -0.3 is 13.9 Å². The minimum Gasteiger partial charge on any atom is -0.493 e. The SMILES string of the molecule is COc1ccc(-c2nnc(SC(C)c3ccc(C(F)(F)F)cc3)o2)cc1OC. The summed E-state index contributed by atoms with van der Waals surface area (Å²) in [5, 5.41) is 8.19. The van der Waals surface area contributed by atoms with E-state index in [1.54, 1.807) is 25.3 Å². The number of hydrogen-bond donors (Lipinski definition) is 0. The van der Waals surface area contributed by atoms with Crippen molar-refractivity contribution < 1.29 is 27.1 Å². The first kappa shape index (κ1) is 20.1. The van der Waals surface area contributed by atoms with Gasteiger partial charge in [0.25, 0.3) is 5.22 Å². The standard InChI is InChI=1S/C19H17F3N2O3S/c1-11(12-4-7-14(8-5-12)19(20,21)22)28-18-24-23-17(27-18)13-6-9-15(25-2)16(10-13)26-3/h4-11H,1-3H3. The summed E-state index contributed by atoms with van der Waals surface area (Å²) >= 11 is 1.27. The first-order valence-corrected chi connectivity index (χ1v) is 9.09. The third-order valence-corrected chi connectivity index (χ3v) is 5.01. The molecular weight excluding hydrogens is 393 g/mol. The number of halogens is 3. The van der Waals surface area contributed by atoms with Crippen LogP contribution in [0.15, 0.2) is 52.1 Å². The summed E-state index contributed by atoms with van der Waals surface area (Å²) in [6.45, 7) is 1.85. The van der Waals surface area contributed by atoms with Gasteiger partial charge in [-0.15, -0.1) is 10.2 Å². The Morgan fingerprint density at radius 3 is 2.25 bits per heavy atom. The number of alkyl halides is 3. The number of benzene rings is 2. The van der Waals surface area contributed by atoms with Crippen molar-refractivity contribution in [2.24, 2.45) is 0 Å². The van der Waals surface area contributed by atoms with Gasteiger partial charge in [0.05, 0.1) is 19.8 Å². The quantitative estimate of drug-likeness (QED) is 0.491. The Morgan fingerprint density at radius 1 is 0.964 bits per heavy atom. The topological polar surface area (TPSA) is 57.4 Å². The van der Waals surface area contributed by atoms with Gasteiger partial charge in [0.15, 0.2) is 11.5 Å². The summed E-state index contributed by atoms with van der Waals surface area (Å²) in [5.41, 5.74) is 0.713. The normalized spacial score (nSPS) is 12.6. The minimum absolute atomic E-state index is 0.166. The van der Waals surface area contributed by atoms with E-state index in [4.69, 9.17) is 13.9 Å². The third kappa shape index (κ3) is 4.41. The fourth-order valence-corrected chi connectivity index (χ4v) is 3.32. The van der Waals surface area contributed by atoms with Crippen LogP contribution in [0.1, 0.15) is 23.3 Å². The Morgan fingerprint density at radius 2 is 1.64 bits per heavy atom. The van der Waals surface area contributed by atoms with Crippen molar-refractivity contribution >= 4 is 11.8 Å². The zero-order chi connectivity index (χ0) is 20.3. The molecule has 0 aliphatic carbocycles. The van der Waals surface area contributed by atoms with E-state index in [9.17, 15) is 13.2 Å². The lowest BCUT2D eigenvalue weighted by molar-refractivity contribution is -0.137. The highest BCUT2D eigenvalue weighted by Gasteiger charge is 2.30. The van der Waals surface area contributed by atoms with E-state index in [1.807, 2.05) is 6.92 Å². The molecule has 0 bridgehead atoms. The average Bonchev–Trinajstić information content (AvgIpc) is 3.15. The second-order valence-corrected chi connectivity index (χ2v) is 7.11. The molecule has 1 atom stereocenters. The van der Waals surface area contributed by atoms with Crippen LogP contribution in [0.3, 0.4) is 0 Å². The molecule has 3 rings (SSSR count). The van der Waals surface area contributed by atoms with Gasteiger partial charge in [-0.2, -0.15) is 13.2 Å². The fourth-order valence-electron chi connectivity index (χ4n) is 2.51. The number of methoxy groups -OCH3 is 2. The van der Waals surface area contributed by atoms with E-state index >= 15 is 0 Å². The highest BCUT2D eigenvalue weighted by Crippen LogP contribution is 2.38. The maximum atomic E-state index is 12.7. The van der Waals surface area contributed by atoms with Gasteiger partial charge in [0.1, 0.15) is 0 Å². The van der Waals surface area contributed by atoms with Crippen LogP contribution in [0.25, 0.3) is 11.5 Å². The number of hydrogen-bond acceptors (Lipinski definition) is 6. The number of aromatic nitrogens is 2. The van der Waals surface area contributed by atoms with Crippen LogP contribution in [0.5, 0.6) is 11.5 Å². The zero-order valence-corrected chi connectivity index (χ0v) is 16.1. The van der Waals surface area contributed by atoms with E-state index in [0.29, 0.717) is 28.2 Å². The van der Waals surface area contributed by atoms with Crippen molar-refractivity contribution in [1.82, 2.24) is 10.2 Å². The number of ether oxygens (including phenoxy) is 2. The Hall–Kier alpha value is -2.68. The summed E-state index contributed by atoms with van der Waals surface area (Å²) in [6.07, 6.45) is -4.35. The Labute approximate surface area is 163 Å². The summed E-state index contributed by atoms with van der Waals surface area (Å²) in [5.74, 6) is 1.42. The van der Waals surface area contributed by atoms with Crippen LogP contribution in [-0.4, -0.2) is 24.4 Å². The third-order valence-electron chi connectivity index (χ3n) is 4.02. The lowest BCUT2D eigenvalue weighted by Gasteiger charge is -2.11. The van der Waals surface area contributed by atoms with Crippen LogP contribution < -0.4 is 9.47 Å². The summed E-state index contributed by atoms with van der Waals surface area (Å²) < 4.78 is 54.2. The highest BCUT2D eigenvalue weighted by atomic mass is 32.2. The van der Waals surface area contributed by atoms with Crippen LogP contribution in [-0.2, 0) is 6.18 Å². The highest BCUT2D eigenvalue weighted by molar-refractivity contribution is 7.99. The maximum absolute atomic E-state index is 12.7. The number of rotatable bonds is 6. The van der Waals surface area contributed by atoms with E-state index in [1.165, 1.54) is 31.0 Å². The van der Waals surface area contributed by atoms with E-state index in [2.05, 4.69) is 10.2 Å².